The molecule has 0 heterocycles. The number of diazo groups is 1. The molecule has 0 unspecified atom stereocenters. The van der Waals surface area contributed by atoms with E-state index in [9.17, 15) is 30.4 Å². The quantitative estimate of drug-likeness (QED) is 0.434. The van der Waals surface area contributed by atoms with Gasteiger partial charge in [0.05, 0.1) is 7.11 Å². The third-order valence-corrected chi connectivity index (χ3v) is 1.62. The van der Waals surface area contributed by atoms with Crippen molar-refractivity contribution in [3.63, 3.8) is 0 Å². The minimum Gasteiger partial charge on any atom is -0.497 e. The molecule has 0 aromatic heterocycles. The molecule has 0 aliphatic rings. The summed E-state index contributed by atoms with van der Waals surface area (Å²) in [4.78, 5) is 2.54. The van der Waals surface area contributed by atoms with E-state index in [2.05, 4.69) is 9.71 Å². The molecule has 106 valence electrons. The number of alkyl halides is 3. The second-order valence-corrected chi connectivity index (χ2v) is 2.98. The third-order valence-electron chi connectivity index (χ3n) is 1.62. The molecule has 0 N–H and O–H groups in total. The van der Waals surface area contributed by atoms with Crippen molar-refractivity contribution in [1.82, 2.24) is 0 Å². The second-order valence-electron chi connectivity index (χ2n) is 2.98. The molecule has 0 aliphatic heterocycles. The first kappa shape index (κ1) is 17.0. The standard InChI is InChI=1S/C8H6F3N2O.BF4/c1-14-5-2-3-7(13-12)6(4-5)8(9,10)11;2-1(3,4)5/h2-4H,1H3;/q+1;-1. The Kier molecular flexibility index (Phi) is 5.61. The average Bonchev–Trinajstić information content (AvgIpc) is 2.24. The maximum Gasteiger partial charge on any atom is 0.673 e. The van der Waals surface area contributed by atoms with Crippen molar-refractivity contribution >= 4 is 12.9 Å². The van der Waals surface area contributed by atoms with E-state index in [4.69, 9.17) is 5.39 Å². The van der Waals surface area contributed by atoms with Crippen molar-refractivity contribution in [3.05, 3.63) is 28.7 Å². The molecule has 1 rings (SSSR count). The normalized spacial score (nSPS) is 11.1. The van der Waals surface area contributed by atoms with Gasteiger partial charge in [-0.2, -0.15) is 13.2 Å². The first-order valence-corrected chi connectivity index (χ1v) is 4.46. The highest BCUT2D eigenvalue weighted by molar-refractivity contribution is 6.50. The lowest BCUT2D eigenvalue weighted by atomic mass is 10.1. The van der Waals surface area contributed by atoms with Crippen molar-refractivity contribution < 1.29 is 35.2 Å². The summed E-state index contributed by atoms with van der Waals surface area (Å²) >= 11 is 0. The number of rotatable bonds is 1. The summed E-state index contributed by atoms with van der Waals surface area (Å²) in [5.41, 5.74) is -1.56. The van der Waals surface area contributed by atoms with E-state index < -0.39 is 24.7 Å². The van der Waals surface area contributed by atoms with Crippen LogP contribution in [0, 0.1) is 5.39 Å². The number of halogens is 7. The monoisotopic (exact) mass is 290 g/mol. The number of hydrogen-bond acceptors (Lipinski definition) is 2. The number of benzene rings is 1. The highest BCUT2D eigenvalue weighted by Gasteiger charge is 2.39. The zero-order valence-electron chi connectivity index (χ0n) is 9.26. The largest absolute Gasteiger partial charge is 0.673 e. The van der Waals surface area contributed by atoms with Gasteiger partial charge in [0.25, 0.3) is 0 Å². The number of hydrogen-bond donors (Lipinski definition) is 0. The molecule has 0 aliphatic carbocycles. The highest BCUT2D eigenvalue weighted by Crippen LogP contribution is 2.38. The van der Waals surface area contributed by atoms with Crippen LogP contribution in [0.2, 0.25) is 0 Å². The van der Waals surface area contributed by atoms with Gasteiger partial charge in [-0.15, -0.1) is 0 Å². The third kappa shape index (κ3) is 7.12. The molecule has 1 aromatic rings. The molecule has 1 aromatic carbocycles. The van der Waals surface area contributed by atoms with Gasteiger partial charge >= 0.3 is 19.1 Å². The predicted molar refractivity (Wildman–Crippen MR) is 52.9 cm³/mol. The van der Waals surface area contributed by atoms with E-state index in [-0.39, 0.29) is 5.75 Å². The molecule has 0 saturated heterocycles. The van der Waals surface area contributed by atoms with Gasteiger partial charge in [-0.1, -0.05) is 0 Å². The Morgan fingerprint density at radius 2 is 1.63 bits per heavy atom. The Hall–Kier alpha value is -1.99. The average molecular weight is 290 g/mol. The van der Waals surface area contributed by atoms with Gasteiger partial charge in [-0.25, -0.2) is 0 Å². The molecule has 0 amide bonds. The second kappa shape index (κ2) is 6.26. The van der Waals surface area contributed by atoms with Crippen LogP contribution >= 0.6 is 0 Å². The van der Waals surface area contributed by atoms with Crippen molar-refractivity contribution in [3.8, 4) is 5.75 Å². The van der Waals surface area contributed by atoms with Gasteiger partial charge in [-0.3, -0.25) is 0 Å². The summed E-state index contributed by atoms with van der Waals surface area (Å²) in [7, 11) is -4.74. The van der Waals surface area contributed by atoms with Gasteiger partial charge in [0.1, 0.15) is 5.75 Å². The lowest BCUT2D eigenvalue weighted by molar-refractivity contribution is -0.136. The summed E-state index contributed by atoms with van der Waals surface area (Å²) in [5.74, 6) is 0.0599. The van der Waals surface area contributed by atoms with Gasteiger partial charge in [-0.05, 0) is 6.07 Å². The molecule has 0 bridgehead atoms. The molecular weight excluding hydrogens is 284 g/mol. The Bertz CT molecular complexity index is 460. The Labute approximate surface area is 102 Å². The number of nitrogens with zero attached hydrogens (tertiary/aromatic N) is 2. The lowest BCUT2D eigenvalue weighted by Crippen LogP contribution is -2.05. The van der Waals surface area contributed by atoms with E-state index in [0.29, 0.717) is 0 Å². The van der Waals surface area contributed by atoms with Crippen LogP contribution < -0.4 is 4.74 Å². The Morgan fingerprint density at radius 1 is 1.16 bits per heavy atom. The van der Waals surface area contributed by atoms with Crippen molar-refractivity contribution in [2.24, 2.45) is 0 Å². The van der Waals surface area contributed by atoms with E-state index >= 15 is 0 Å². The minimum absolute atomic E-state index is 0.0599. The van der Waals surface area contributed by atoms with Crippen molar-refractivity contribution in [2.75, 3.05) is 7.11 Å². The fourth-order valence-corrected chi connectivity index (χ4v) is 0.956. The van der Waals surface area contributed by atoms with E-state index in [1.807, 2.05) is 0 Å². The van der Waals surface area contributed by atoms with Gasteiger partial charge in [0, 0.05) is 12.1 Å². The topological polar surface area (TPSA) is 37.4 Å². The van der Waals surface area contributed by atoms with E-state index in [1.165, 1.54) is 13.2 Å². The van der Waals surface area contributed by atoms with Crippen molar-refractivity contribution in [2.45, 2.75) is 6.18 Å². The maximum absolute atomic E-state index is 12.3. The summed E-state index contributed by atoms with van der Waals surface area (Å²) in [6, 6.07) is 3.08. The zero-order chi connectivity index (χ0) is 15.3. The van der Waals surface area contributed by atoms with Crippen molar-refractivity contribution in [1.29, 1.82) is 5.39 Å². The number of methoxy groups -OCH3 is 1. The van der Waals surface area contributed by atoms with Crippen LogP contribution in [0.1, 0.15) is 5.56 Å². The smallest absolute Gasteiger partial charge is 0.497 e. The van der Waals surface area contributed by atoms with E-state index in [0.717, 1.165) is 12.1 Å². The summed E-state index contributed by atoms with van der Waals surface area (Å²) in [5, 5.41) is 8.33. The van der Waals surface area contributed by atoms with Gasteiger partial charge in [0.15, 0.2) is 10.5 Å². The molecule has 0 spiro atoms. The zero-order valence-corrected chi connectivity index (χ0v) is 9.26. The molecule has 0 radical (unpaired) electrons. The fourth-order valence-electron chi connectivity index (χ4n) is 0.956. The molecule has 11 heteroatoms. The summed E-state index contributed by atoms with van der Waals surface area (Å²) in [6.45, 7) is 0. The van der Waals surface area contributed by atoms with Crippen LogP contribution in [0.5, 0.6) is 5.75 Å². The van der Waals surface area contributed by atoms with Crippen LogP contribution in [-0.4, -0.2) is 14.4 Å². The minimum atomic E-state index is -6.00. The molecule has 19 heavy (non-hydrogen) atoms. The molecular formula is C8H6BF7N2O. The summed E-state index contributed by atoms with van der Waals surface area (Å²) in [6.07, 6.45) is -4.56. The van der Waals surface area contributed by atoms with Crippen LogP contribution in [-0.2, 0) is 6.18 Å². The van der Waals surface area contributed by atoms with Gasteiger partial charge < -0.3 is 22.0 Å². The predicted octanol–water partition coefficient (Wildman–Crippen LogP) is 4.50. The first-order chi connectivity index (χ1) is 8.49. The lowest BCUT2D eigenvalue weighted by Gasteiger charge is -2.05. The molecule has 0 atom stereocenters. The maximum atomic E-state index is 12.3. The van der Waals surface area contributed by atoms with Crippen LogP contribution in [0.25, 0.3) is 4.98 Å². The van der Waals surface area contributed by atoms with Crippen LogP contribution in [0.3, 0.4) is 0 Å². The fraction of sp³-hybridized carbons (Fsp3) is 0.250. The summed E-state index contributed by atoms with van der Waals surface area (Å²) < 4.78 is 80.6. The Balaban J connectivity index is 0.000000555. The van der Waals surface area contributed by atoms with E-state index in [1.54, 1.807) is 0 Å². The molecule has 0 saturated carbocycles. The van der Waals surface area contributed by atoms with Gasteiger partial charge in [0.2, 0.25) is 5.39 Å². The Morgan fingerprint density at radius 3 is 1.95 bits per heavy atom. The SMILES string of the molecule is COc1ccc([N+]#N)c(C(F)(F)F)c1.F[B-](F)(F)F. The molecule has 3 nitrogen and oxygen atoms in total. The highest BCUT2D eigenvalue weighted by atomic mass is 19.5. The van der Waals surface area contributed by atoms with Crippen LogP contribution in [0.4, 0.5) is 36.1 Å². The number of ether oxygens (including phenoxy) is 1. The van der Waals surface area contributed by atoms with Crippen LogP contribution in [0.15, 0.2) is 18.2 Å². The molecule has 0 fully saturated rings. The first-order valence-electron chi connectivity index (χ1n) is 4.46.